The minimum atomic E-state index is 0.0310. The average molecular weight is 320 g/mol. The number of piperidine rings is 1. The lowest BCUT2D eigenvalue weighted by molar-refractivity contribution is -0.131. The largest absolute Gasteiger partial charge is 0.494 e. The summed E-state index contributed by atoms with van der Waals surface area (Å²) in [5.74, 6) is 0.850. The predicted molar refractivity (Wildman–Crippen MR) is 84.5 cm³/mol. The molecule has 2 aliphatic rings. The number of aromatic nitrogens is 2. The van der Waals surface area contributed by atoms with E-state index in [1.807, 2.05) is 4.90 Å². The third-order valence-corrected chi connectivity index (χ3v) is 4.39. The van der Waals surface area contributed by atoms with Crippen molar-refractivity contribution < 1.29 is 14.3 Å². The van der Waals surface area contributed by atoms with Crippen molar-refractivity contribution in [3.8, 4) is 11.8 Å². The van der Waals surface area contributed by atoms with E-state index in [2.05, 4.69) is 14.9 Å². The van der Waals surface area contributed by atoms with Crippen molar-refractivity contribution in [2.24, 2.45) is 0 Å². The molecule has 7 heteroatoms. The van der Waals surface area contributed by atoms with Gasteiger partial charge in [0.2, 0.25) is 5.91 Å². The molecule has 0 aromatic carbocycles. The van der Waals surface area contributed by atoms with Crippen molar-refractivity contribution in [2.75, 3.05) is 39.8 Å². The highest BCUT2D eigenvalue weighted by molar-refractivity contribution is 5.78. The van der Waals surface area contributed by atoms with Gasteiger partial charge in [0.05, 0.1) is 26.0 Å². The number of rotatable bonds is 5. The van der Waals surface area contributed by atoms with E-state index in [-0.39, 0.29) is 12.0 Å². The molecule has 3 heterocycles. The summed E-state index contributed by atoms with van der Waals surface area (Å²) in [6, 6.07) is 0.364. The van der Waals surface area contributed by atoms with Crippen LogP contribution in [0, 0.1) is 0 Å². The predicted octanol–water partition coefficient (Wildman–Crippen LogP) is 0.951. The monoisotopic (exact) mass is 320 g/mol. The van der Waals surface area contributed by atoms with Gasteiger partial charge in [-0.25, -0.2) is 0 Å². The number of nitrogens with zero attached hydrogens (tertiary/aromatic N) is 4. The second kappa shape index (κ2) is 7.59. The normalized spacial score (nSPS) is 22.1. The summed E-state index contributed by atoms with van der Waals surface area (Å²) in [4.78, 5) is 24.7. The molecule has 0 N–H and O–H groups in total. The third-order valence-electron chi connectivity index (χ3n) is 4.39. The molecule has 1 aromatic rings. The van der Waals surface area contributed by atoms with E-state index in [9.17, 15) is 4.79 Å². The molecule has 1 atom stereocenters. The molecule has 23 heavy (non-hydrogen) atoms. The molecule has 7 nitrogen and oxygen atoms in total. The first-order chi connectivity index (χ1) is 11.2. The molecule has 2 aliphatic heterocycles. The van der Waals surface area contributed by atoms with Gasteiger partial charge in [-0.05, 0) is 32.2 Å². The highest BCUT2D eigenvalue weighted by atomic mass is 16.5. The molecule has 126 valence electrons. The molecule has 1 aromatic heterocycles. The maximum atomic E-state index is 12.3. The van der Waals surface area contributed by atoms with Crippen LogP contribution in [0.3, 0.4) is 0 Å². The summed E-state index contributed by atoms with van der Waals surface area (Å²) >= 11 is 0. The van der Waals surface area contributed by atoms with Crippen molar-refractivity contribution in [1.29, 1.82) is 0 Å². The Kier molecular flexibility index (Phi) is 5.27. The van der Waals surface area contributed by atoms with Gasteiger partial charge in [0.25, 0.3) is 0 Å². The second-order valence-corrected chi connectivity index (χ2v) is 6.11. The summed E-state index contributed by atoms with van der Waals surface area (Å²) in [6.07, 6.45) is 7.47. The van der Waals surface area contributed by atoms with Crippen LogP contribution in [-0.4, -0.2) is 71.6 Å². The first-order valence-corrected chi connectivity index (χ1v) is 8.27. The summed E-state index contributed by atoms with van der Waals surface area (Å²) in [6.45, 7) is 4.00. The Labute approximate surface area is 136 Å². The van der Waals surface area contributed by atoms with Gasteiger partial charge in [0.1, 0.15) is 6.10 Å². The molecular weight excluding hydrogens is 296 g/mol. The van der Waals surface area contributed by atoms with Crippen LogP contribution >= 0.6 is 0 Å². The first kappa shape index (κ1) is 16.0. The number of likely N-dealkylation sites (tertiary alicyclic amines) is 2. The lowest BCUT2D eigenvalue weighted by Crippen LogP contribution is -2.46. The van der Waals surface area contributed by atoms with Crippen molar-refractivity contribution in [3.63, 3.8) is 0 Å². The molecule has 0 radical (unpaired) electrons. The van der Waals surface area contributed by atoms with Crippen LogP contribution in [0.1, 0.15) is 25.7 Å². The van der Waals surface area contributed by atoms with Crippen LogP contribution in [0.2, 0.25) is 0 Å². The van der Waals surface area contributed by atoms with Crippen LogP contribution in [0.25, 0.3) is 0 Å². The zero-order chi connectivity index (χ0) is 16.1. The number of hydrogen-bond acceptors (Lipinski definition) is 6. The Morgan fingerprint density at radius 1 is 1.22 bits per heavy atom. The maximum Gasteiger partial charge on any atom is 0.316 e. The van der Waals surface area contributed by atoms with Gasteiger partial charge < -0.3 is 14.4 Å². The van der Waals surface area contributed by atoms with Crippen molar-refractivity contribution in [1.82, 2.24) is 19.8 Å². The fourth-order valence-corrected chi connectivity index (χ4v) is 3.13. The van der Waals surface area contributed by atoms with Gasteiger partial charge >= 0.3 is 6.01 Å². The standard InChI is InChI=1S/C16H24N4O3/c1-22-14-9-17-16(18-10-14)23-13-5-4-6-19(11-13)12-15(21)20-7-2-3-8-20/h9-10,13H,2-8,11-12H2,1H3. The quantitative estimate of drug-likeness (QED) is 0.805. The van der Waals surface area contributed by atoms with Gasteiger partial charge in [-0.3, -0.25) is 9.69 Å². The van der Waals surface area contributed by atoms with E-state index in [4.69, 9.17) is 9.47 Å². The number of carbonyl (C=O) groups excluding carboxylic acids is 1. The minimum absolute atomic E-state index is 0.0310. The van der Waals surface area contributed by atoms with Gasteiger partial charge in [0, 0.05) is 19.6 Å². The van der Waals surface area contributed by atoms with E-state index in [0.717, 1.165) is 51.9 Å². The van der Waals surface area contributed by atoms with Crippen LogP contribution < -0.4 is 9.47 Å². The highest BCUT2D eigenvalue weighted by Crippen LogP contribution is 2.17. The summed E-state index contributed by atoms with van der Waals surface area (Å²) in [7, 11) is 1.58. The molecular formula is C16H24N4O3. The van der Waals surface area contributed by atoms with Gasteiger partial charge in [-0.15, -0.1) is 0 Å². The summed E-state index contributed by atoms with van der Waals surface area (Å²) in [5, 5.41) is 0. The lowest BCUT2D eigenvalue weighted by atomic mass is 10.1. The fourth-order valence-electron chi connectivity index (χ4n) is 3.13. The Morgan fingerprint density at radius 3 is 2.65 bits per heavy atom. The molecule has 0 bridgehead atoms. The fraction of sp³-hybridized carbons (Fsp3) is 0.688. The zero-order valence-corrected chi connectivity index (χ0v) is 13.6. The number of ether oxygens (including phenoxy) is 2. The van der Waals surface area contributed by atoms with E-state index < -0.39 is 0 Å². The van der Waals surface area contributed by atoms with Crippen LogP contribution in [0.15, 0.2) is 12.4 Å². The number of methoxy groups -OCH3 is 1. The van der Waals surface area contributed by atoms with Crippen molar-refractivity contribution >= 4 is 5.91 Å². The Bertz CT molecular complexity index is 517. The van der Waals surface area contributed by atoms with Crippen molar-refractivity contribution in [3.05, 3.63) is 12.4 Å². The van der Waals surface area contributed by atoms with Gasteiger partial charge in [-0.2, -0.15) is 9.97 Å². The van der Waals surface area contributed by atoms with E-state index >= 15 is 0 Å². The highest BCUT2D eigenvalue weighted by Gasteiger charge is 2.26. The first-order valence-electron chi connectivity index (χ1n) is 8.27. The minimum Gasteiger partial charge on any atom is -0.494 e. The van der Waals surface area contributed by atoms with Crippen LogP contribution in [-0.2, 0) is 4.79 Å². The maximum absolute atomic E-state index is 12.3. The molecule has 1 unspecified atom stereocenters. The average Bonchev–Trinajstić information content (AvgIpc) is 3.10. The summed E-state index contributed by atoms with van der Waals surface area (Å²) in [5.41, 5.74) is 0. The Balaban J connectivity index is 1.50. The molecule has 1 amide bonds. The topological polar surface area (TPSA) is 67.8 Å². The number of hydrogen-bond donors (Lipinski definition) is 0. The molecule has 3 rings (SSSR count). The third kappa shape index (κ3) is 4.31. The molecule has 2 fully saturated rings. The lowest BCUT2D eigenvalue weighted by Gasteiger charge is -2.32. The Hall–Kier alpha value is -1.89. The molecule has 0 aliphatic carbocycles. The van der Waals surface area contributed by atoms with Gasteiger partial charge in [-0.1, -0.05) is 0 Å². The molecule has 2 saturated heterocycles. The number of amides is 1. The second-order valence-electron chi connectivity index (χ2n) is 6.11. The van der Waals surface area contributed by atoms with E-state index in [1.165, 1.54) is 0 Å². The van der Waals surface area contributed by atoms with Crippen molar-refractivity contribution in [2.45, 2.75) is 31.8 Å². The smallest absolute Gasteiger partial charge is 0.316 e. The van der Waals surface area contributed by atoms with Crippen LogP contribution in [0.4, 0.5) is 0 Å². The molecule has 0 spiro atoms. The van der Waals surface area contributed by atoms with E-state index in [0.29, 0.717) is 18.3 Å². The molecule has 0 saturated carbocycles. The SMILES string of the molecule is COc1cnc(OC2CCCN(CC(=O)N3CCCC3)C2)nc1. The number of carbonyl (C=O) groups is 1. The summed E-state index contributed by atoms with van der Waals surface area (Å²) < 4.78 is 10.9. The zero-order valence-electron chi connectivity index (χ0n) is 13.6. The Morgan fingerprint density at radius 2 is 1.96 bits per heavy atom. The van der Waals surface area contributed by atoms with Gasteiger partial charge in [0.15, 0.2) is 5.75 Å². The van der Waals surface area contributed by atoms with E-state index in [1.54, 1.807) is 19.5 Å². The van der Waals surface area contributed by atoms with Crippen LogP contribution in [0.5, 0.6) is 11.8 Å².